The smallest absolute Gasteiger partial charge is 0.408 e. The first kappa shape index (κ1) is 25.3. The van der Waals surface area contributed by atoms with E-state index in [2.05, 4.69) is 15.0 Å². The number of carboxylic acids is 3. The van der Waals surface area contributed by atoms with Gasteiger partial charge in [-0.15, -0.1) is 0 Å². The third kappa shape index (κ3) is 10.0. The van der Waals surface area contributed by atoms with Crippen LogP contribution in [0.1, 0.15) is 42.5 Å². The number of ether oxygens (including phenoxy) is 1. The number of amides is 2. The van der Waals surface area contributed by atoms with Crippen molar-refractivity contribution in [1.82, 2.24) is 15.6 Å². The monoisotopic (exact) mass is 443 g/mol. The second-order valence-electron chi connectivity index (χ2n) is 6.32. The van der Waals surface area contributed by atoms with E-state index < -0.39 is 60.8 Å². The molecule has 170 valence electrons. The number of carbonyl (C=O) groups excluding carboxylic acids is 2. The standard InChI is InChI=1S/C18H22FN3O9/c19-13-6-4-10(9-21-13)15(25)20-8-2-1-3-11(16(26)27)22-18(30)31-12(17(28)29)5-7-14(23)24/h4,6,9,11-12H,1-3,5,7-8H2,(H,20,25)(H,22,30)(H,23,24)(H,26,27)(H,28,29)/t11-,12-/m0/s1. The summed E-state index contributed by atoms with van der Waals surface area (Å²) >= 11 is 0. The van der Waals surface area contributed by atoms with Crippen molar-refractivity contribution < 1.29 is 48.4 Å². The predicted octanol–water partition coefficient (Wildman–Crippen LogP) is 0.618. The summed E-state index contributed by atoms with van der Waals surface area (Å²) in [7, 11) is 0. The molecule has 0 saturated heterocycles. The van der Waals surface area contributed by atoms with Gasteiger partial charge in [0.25, 0.3) is 5.91 Å². The Morgan fingerprint density at radius 3 is 2.29 bits per heavy atom. The quantitative estimate of drug-likeness (QED) is 0.213. The van der Waals surface area contributed by atoms with Gasteiger partial charge in [0.15, 0.2) is 0 Å². The maximum atomic E-state index is 12.7. The van der Waals surface area contributed by atoms with E-state index in [4.69, 9.17) is 10.2 Å². The van der Waals surface area contributed by atoms with Crippen LogP contribution in [0.5, 0.6) is 0 Å². The third-order valence-corrected chi connectivity index (χ3v) is 3.93. The van der Waals surface area contributed by atoms with Gasteiger partial charge in [-0.3, -0.25) is 9.59 Å². The van der Waals surface area contributed by atoms with Crippen molar-refractivity contribution in [2.24, 2.45) is 0 Å². The van der Waals surface area contributed by atoms with Crippen LogP contribution in [0.3, 0.4) is 0 Å². The average Bonchev–Trinajstić information content (AvgIpc) is 2.69. The van der Waals surface area contributed by atoms with Crippen LogP contribution >= 0.6 is 0 Å². The zero-order valence-electron chi connectivity index (χ0n) is 16.2. The molecule has 5 N–H and O–H groups in total. The van der Waals surface area contributed by atoms with Crippen molar-refractivity contribution >= 4 is 29.9 Å². The van der Waals surface area contributed by atoms with Gasteiger partial charge < -0.3 is 30.7 Å². The summed E-state index contributed by atoms with van der Waals surface area (Å²) in [6, 6.07) is 0.917. The van der Waals surface area contributed by atoms with Gasteiger partial charge in [-0.05, 0) is 31.4 Å². The van der Waals surface area contributed by atoms with E-state index in [1.165, 1.54) is 6.07 Å². The molecule has 2 amide bonds. The Morgan fingerprint density at radius 1 is 1.03 bits per heavy atom. The van der Waals surface area contributed by atoms with Crippen LogP contribution < -0.4 is 10.6 Å². The number of aromatic nitrogens is 1. The molecule has 0 saturated carbocycles. The highest BCUT2D eigenvalue weighted by atomic mass is 19.1. The van der Waals surface area contributed by atoms with Gasteiger partial charge in [-0.25, -0.2) is 19.4 Å². The number of hydrogen-bond acceptors (Lipinski definition) is 7. The first-order valence-corrected chi connectivity index (χ1v) is 9.14. The minimum Gasteiger partial charge on any atom is -0.481 e. The molecule has 0 aliphatic rings. The largest absolute Gasteiger partial charge is 0.481 e. The molecule has 0 fully saturated rings. The van der Waals surface area contributed by atoms with Gasteiger partial charge in [0, 0.05) is 25.6 Å². The molecule has 13 heteroatoms. The molecular formula is C18H22FN3O9. The van der Waals surface area contributed by atoms with Crippen LogP contribution in [0, 0.1) is 5.95 Å². The fraction of sp³-hybridized carbons (Fsp3) is 0.444. The number of hydrogen-bond donors (Lipinski definition) is 5. The summed E-state index contributed by atoms with van der Waals surface area (Å²) in [5.41, 5.74) is 0.158. The molecule has 0 spiro atoms. The van der Waals surface area contributed by atoms with E-state index in [-0.39, 0.29) is 24.9 Å². The summed E-state index contributed by atoms with van der Waals surface area (Å²) in [6.45, 7) is 0.184. The maximum absolute atomic E-state index is 12.7. The predicted molar refractivity (Wildman–Crippen MR) is 99.7 cm³/mol. The Hall–Kier alpha value is -3.77. The van der Waals surface area contributed by atoms with Crippen molar-refractivity contribution in [3.05, 3.63) is 29.8 Å². The van der Waals surface area contributed by atoms with Gasteiger partial charge in [0.1, 0.15) is 6.04 Å². The Labute approximate surface area is 175 Å². The van der Waals surface area contributed by atoms with Gasteiger partial charge in [0.2, 0.25) is 12.1 Å². The van der Waals surface area contributed by atoms with Crippen LogP contribution in [0.25, 0.3) is 0 Å². The molecule has 31 heavy (non-hydrogen) atoms. The molecule has 0 aliphatic carbocycles. The fourth-order valence-electron chi connectivity index (χ4n) is 2.34. The van der Waals surface area contributed by atoms with Crippen LogP contribution in [0.2, 0.25) is 0 Å². The van der Waals surface area contributed by atoms with Crippen LogP contribution in [-0.4, -0.2) is 68.9 Å². The minimum absolute atomic E-state index is 0.0364. The lowest BCUT2D eigenvalue weighted by Gasteiger charge is -2.17. The van der Waals surface area contributed by atoms with E-state index in [0.29, 0.717) is 6.42 Å². The molecule has 0 radical (unpaired) electrons. The summed E-state index contributed by atoms with van der Waals surface area (Å²) in [5, 5.41) is 31.3. The molecule has 0 unspecified atom stereocenters. The van der Waals surface area contributed by atoms with Crippen LogP contribution in [0.15, 0.2) is 18.3 Å². The van der Waals surface area contributed by atoms with E-state index in [1.807, 2.05) is 5.32 Å². The van der Waals surface area contributed by atoms with E-state index in [9.17, 15) is 33.5 Å². The zero-order valence-corrected chi connectivity index (χ0v) is 16.2. The summed E-state index contributed by atoms with van der Waals surface area (Å²) in [4.78, 5) is 59.8. The number of carboxylic acid groups (broad SMARTS) is 3. The molecule has 1 heterocycles. The number of aliphatic carboxylic acids is 3. The highest BCUT2D eigenvalue weighted by Crippen LogP contribution is 2.06. The zero-order chi connectivity index (χ0) is 23.4. The van der Waals surface area contributed by atoms with Crippen molar-refractivity contribution in [2.75, 3.05) is 6.54 Å². The number of nitrogens with zero attached hydrogens (tertiary/aromatic N) is 1. The second kappa shape index (κ2) is 12.7. The van der Waals surface area contributed by atoms with Crippen molar-refractivity contribution in [2.45, 2.75) is 44.2 Å². The molecule has 0 bridgehead atoms. The Kier molecular flexibility index (Phi) is 10.4. The number of pyridine rings is 1. The topological polar surface area (TPSA) is 192 Å². The van der Waals surface area contributed by atoms with Gasteiger partial charge in [-0.2, -0.15) is 4.39 Å². The van der Waals surface area contributed by atoms with Gasteiger partial charge in [-0.1, -0.05) is 0 Å². The van der Waals surface area contributed by atoms with Crippen LogP contribution in [0.4, 0.5) is 9.18 Å². The summed E-state index contributed by atoms with van der Waals surface area (Å²) in [6.07, 6.45) is -2.39. The lowest BCUT2D eigenvalue weighted by atomic mass is 10.1. The molecule has 0 aromatic carbocycles. The number of rotatable bonds is 13. The highest BCUT2D eigenvalue weighted by molar-refractivity contribution is 5.93. The lowest BCUT2D eigenvalue weighted by Crippen LogP contribution is -2.43. The SMILES string of the molecule is O=C(O)CC[C@H](OC(=O)N[C@@H](CCCCNC(=O)c1ccc(F)nc1)C(=O)O)C(=O)O. The number of unbranched alkanes of at least 4 members (excludes halogenated alkanes) is 1. The molecular weight excluding hydrogens is 421 g/mol. The molecule has 12 nitrogen and oxygen atoms in total. The van der Waals surface area contributed by atoms with Crippen LogP contribution in [-0.2, 0) is 19.1 Å². The minimum atomic E-state index is -1.73. The lowest BCUT2D eigenvalue weighted by molar-refractivity contribution is -0.148. The van der Waals surface area contributed by atoms with Crippen molar-refractivity contribution in [3.8, 4) is 0 Å². The fourth-order valence-corrected chi connectivity index (χ4v) is 2.34. The molecule has 0 aliphatic heterocycles. The first-order chi connectivity index (χ1) is 14.6. The molecule has 1 aromatic rings. The first-order valence-electron chi connectivity index (χ1n) is 9.14. The number of halogens is 1. The Morgan fingerprint density at radius 2 is 1.74 bits per heavy atom. The van der Waals surface area contributed by atoms with Gasteiger partial charge in [0.05, 0.1) is 5.56 Å². The summed E-state index contributed by atoms with van der Waals surface area (Å²) in [5.74, 6) is -5.42. The van der Waals surface area contributed by atoms with E-state index in [0.717, 1.165) is 12.3 Å². The molecule has 1 aromatic heterocycles. The number of nitrogens with one attached hydrogen (secondary N) is 2. The molecule has 2 atom stereocenters. The summed E-state index contributed by atoms with van der Waals surface area (Å²) < 4.78 is 17.3. The Balaban J connectivity index is 2.41. The molecule has 1 rings (SSSR count). The maximum Gasteiger partial charge on any atom is 0.408 e. The van der Waals surface area contributed by atoms with Crippen molar-refractivity contribution in [3.63, 3.8) is 0 Å². The normalized spacial score (nSPS) is 12.3. The van der Waals surface area contributed by atoms with E-state index in [1.54, 1.807) is 0 Å². The number of carbonyl (C=O) groups is 5. The number of alkyl carbamates (subject to hydrolysis) is 1. The third-order valence-electron chi connectivity index (χ3n) is 3.93. The van der Waals surface area contributed by atoms with Crippen molar-refractivity contribution in [1.29, 1.82) is 0 Å². The highest BCUT2D eigenvalue weighted by Gasteiger charge is 2.26. The second-order valence-corrected chi connectivity index (χ2v) is 6.32. The Bertz CT molecular complexity index is 801. The average molecular weight is 443 g/mol. The van der Waals surface area contributed by atoms with Gasteiger partial charge >= 0.3 is 24.0 Å². The van der Waals surface area contributed by atoms with E-state index >= 15 is 0 Å².